The van der Waals surface area contributed by atoms with Crippen molar-refractivity contribution in [2.24, 2.45) is 0 Å². The number of carbonyl (C=O) groups excluding carboxylic acids is 1. The summed E-state index contributed by atoms with van der Waals surface area (Å²) in [4.78, 5) is 13.0. The summed E-state index contributed by atoms with van der Waals surface area (Å²) in [6.07, 6.45) is 1.63. The number of nitrogens with one attached hydrogen (secondary N) is 1. The Morgan fingerprint density at radius 3 is 2.20 bits per heavy atom. The summed E-state index contributed by atoms with van der Waals surface area (Å²) in [7, 11) is 1.39. The second kappa shape index (κ2) is 10.3. The number of hydrogen-bond donors (Lipinski definition) is 1. The van der Waals surface area contributed by atoms with Crippen LogP contribution in [0.25, 0.3) is 0 Å². The van der Waals surface area contributed by atoms with E-state index in [1.807, 2.05) is 30.3 Å². The lowest BCUT2D eigenvalue weighted by molar-refractivity contribution is 0.0949. The Balaban J connectivity index is 2.26. The highest BCUT2D eigenvalue weighted by Gasteiger charge is 2.23. The summed E-state index contributed by atoms with van der Waals surface area (Å²) in [6.45, 7) is 2.07. The quantitative estimate of drug-likeness (QED) is 0.617. The smallest absolute Gasteiger partial charge is 0.251 e. The van der Waals surface area contributed by atoms with Crippen LogP contribution in [-0.4, -0.2) is 54.2 Å². The predicted octanol–water partition coefficient (Wildman–Crippen LogP) is 2.97. The van der Waals surface area contributed by atoms with Crippen LogP contribution >= 0.6 is 0 Å². The zero-order valence-electron chi connectivity index (χ0n) is 18.0. The summed E-state index contributed by atoms with van der Waals surface area (Å²) in [5, 5.41) is 2.93. The van der Waals surface area contributed by atoms with Crippen molar-refractivity contribution in [2.45, 2.75) is 19.3 Å². The van der Waals surface area contributed by atoms with Gasteiger partial charge in [-0.3, -0.25) is 4.79 Å². The Morgan fingerprint density at radius 2 is 1.67 bits per heavy atom. The van der Waals surface area contributed by atoms with E-state index >= 15 is 0 Å². The molecule has 1 N–H and O–H groups in total. The van der Waals surface area contributed by atoms with Crippen LogP contribution in [0, 0.1) is 6.92 Å². The highest BCUT2D eigenvalue weighted by molar-refractivity contribution is 7.90. The minimum absolute atomic E-state index is 0.0473. The zero-order valence-corrected chi connectivity index (χ0v) is 18.8. The van der Waals surface area contributed by atoms with Gasteiger partial charge in [-0.25, -0.2) is 8.42 Å². The third kappa shape index (κ3) is 5.89. The summed E-state index contributed by atoms with van der Waals surface area (Å²) >= 11 is 0. The maximum absolute atomic E-state index is 13.0. The molecule has 0 aromatic heterocycles. The molecule has 164 valence electrons. The van der Waals surface area contributed by atoms with Gasteiger partial charge in [0.2, 0.25) is 5.75 Å². The number of sulfone groups is 1. The number of carbonyl (C=O) groups is 1. The highest BCUT2D eigenvalue weighted by Crippen LogP contribution is 2.41. The Morgan fingerprint density at radius 1 is 1.03 bits per heavy atom. The Hall–Kier alpha value is -2.74. The van der Waals surface area contributed by atoms with Crippen LogP contribution in [0.3, 0.4) is 0 Å². The fourth-order valence-electron chi connectivity index (χ4n) is 3.32. The number of benzene rings is 2. The third-order valence-corrected chi connectivity index (χ3v) is 5.92. The summed E-state index contributed by atoms with van der Waals surface area (Å²) in [5.41, 5.74) is 2.00. The van der Waals surface area contributed by atoms with E-state index in [1.54, 1.807) is 13.0 Å². The fraction of sp³-hybridized carbons (Fsp3) is 0.409. The van der Waals surface area contributed by atoms with Gasteiger partial charge < -0.3 is 19.5 Å². The van der Waals surface area contributed by atoms with Gasteiger partial charge in [-0.1, -0.05) is 30.3 Å². The van der Waals surface area contributed by atoms with Gasteiger partial charge in [-0.2, -0.15) is 0 Å². The lowest BCUT2D eigenvalue weighted by Crippen LogP contribution is -2.30. The molecule has 0 saturated heterocycles. The number of hydrogen-bond acceptors (Lipinski definition) is 6. The van der Waals surface area contributed by atoms with E-state index in [9.17, 15) is 13.2 Å². The average molecular weight is 436 g/mol. The Kier molecular flexibility index (Phi) is 8.11. The molecule has 1 unspecified atom stereocenters. The average Bonchev–Trinajstić information content (AvgIpc) is 2.72. The molecule has 2 aromatic rings. The molecule has 30 heavy (non-hydrogen) atoms. The lowest BCUT2D eigenvalue weighted by atomic mass is 9.96. The fourth-order valence-corrected chi connectivity index (χ4v) is 4.03. The third-order valence-electron chi connectivity index (χ3n) is 4.94. The van der Waals surface area contributed by atoms with Crippen molar-refractivity contribution < 1.29 is 27.4 Å². The van der Waals surface area contributed by atoms with Crippen LogP contribution in [-0.2, 0) is 9.84 Å². The number of methoxy groups -OCH3 is 3. The van der Waals surface area contributed by atoms with Crippen molar-refractivity contribution >= 4 is 15.7 Å². The first kappa shape index (κ1) is 23.5. The summed E-state index contributed by atoms with van der Waals surface area (Å²) in [5.74, 6) is 0.857. The SMILES string of the molecule is COc1cc(C(=O)NCC(CCS(C)(=O)=O)c2ccccc2)c(C)c(OC)c1OC. The molecule has 0 spiro atoms. The van der Waals surface area contributed by atoms with Crippen LogP contribution in [0.15, 0.2) is 36.4 Å². The van der Waals surface area contributed by atoms with Crippen molar-refractivity contribution in [3.8, 4) is 17.2 Å². The van der Waals surface area contributed by atoms with Crippen molar-refractivity contribution in [1.29, 1.82) is 0 Å². The van der Waals surface area contributed by atoms with Gasteiger partial charge in [0.1, 0.15) is 9.84 Å². The van der Waals surface area contributed by atoms with Gasteiger partial charge in [-0.15, -0.1) is 0 Å². The highest BCUT2D eigenvalue weighted by atomic mass is 32.2. The van der Waals surface area contributed by atoms with E-state index in [0.29, 0.717) is 41.3 Å². The molecule has 8 heteroatoms. The van der Waals surface area contributed by atoms with Crippen molar-refractivity contribution in [2.75, 3.05) is 39.9 Å². The van der Waals surface area contributed by atoms with E-state index < -0.39 is 9.84 Å². The van der Waals surface area contributed by atoms with E-state index in [2.05, 4.69) is 5.32 Å². The van der Waals surface area contributed by atoms with Gasteiger partial charge >= 0.3 is 0 Å². The first-order valence-corrected chi connectivity index (χ1v) is 11.6. The zero-order chi connectivity index (χ0) is 22.3. The number of rotatable bonds is 10. The molecule has 0 heterocycles. The molecule has 1 atom stereocenters. The number of amides is 1. The van der Waals surface area contributed by atoms with Gasteiger partial charge in [-0.05, 0) is 25.0 Å². The molecule has 2 aromatic carbocycles. The Bertz CT molecular complexity index is 973. The van der Waals surface area contributed by atoms with Crippen molar-refractivity contribution in [3.05, 3.63) is 53.1 Å². The molecule has 7 nitrogen and oxygen atoms in total. The first-order valence-electron chi connectivity index (χ1n) is 9.52. The van der Waals surface area contributed by atoms with Crippen LogP contribution in [0.2, 0.25) is 0 Å². The maximum atomic E-state index is 13.0. The molecule has 0 aliphatic heterocycles. The van der Waals surface area contributed by atoms with Crippen molar-refractivity contribution in [1.82, 2.24) is 5.32 Å². The second-order valence-corrected chi connectivity index (χ2v) is 9.31. The van der Waals surface area contributed by atoms with Crippen LogP contribution in [0.1, 0.15) is 33.8 Å². The van der Waals surface area contributed by atoms with Crippen LogP contribution < -0.4 is 19.5 Å². The lowest BCUT2D eigenvalue weighted by Gasteiger charge is -2.20. The van der Waals surface area contributed by atoms with Gasteiger partial charge in [0.05, 0.1) is 27.1 Å². The molecule has 0 bridgehead atoms. The maximum Gasteiger partial charge on any atom is 0.251 e. The van der Waals surface area contributed by atoms with E-state index in [-0.39, 0.29) is 17.6 Å². The molecular formula is C22H29NO6S. The van der Waals surface area contributed by atoms with Crippen LogP contribution in [0.5, 0.6) is 17.2 Å². The summed E-state index contributed by atoms with van der Waals surface area (Å²) < 4.78 is 39.4. The predicted molar refractivity (Wildman–Crippen MR) is 117 cm³/mol. The largest absolute Gasteiger partial charge is 0.493 e. The molecule has 1 amide bonds. The van der Waals surface area contributed by atoms with Gasteiger partial charge in [0.25, 0.3) is 5.91 Å². The topological polar surface area (TPSA) is 90.9 Å². The van der Waals surface area contributed by atoms with Crippen LogP contribution in [0.4, 0.5) is 0 Å². The number of ether oxygens (including phenoxy) is 3. The minimum atomic E-state index is -3.11. The molecule has 0 radical (unpaired) electrons. The van der Waals surface area contributed by atoms with E-state index in [1.165, 1.54) is 27.6 Å². The van der Waals surface area contributed by atoms with Gasteiger partial charge in [0, 0.05) is 29.8 Å². The first-order chi connectivity index (χ1) is 14.2. The molecule has 0 aliphatic carbocycles. The minimum Gasteiger partial charge on any atom is -0.493 e. The van der Waals surface area contributed by atoms with Crippen molar-refractivity contribution in [3.63, 3.8) is 0 Å². The Labute approximate surface area is 178 Å². The molecule has 0 fully saturated rings. The summed E-state index contributed by atoms with van der Waals surface area (Å²) in [6, 6.07) is 11.2. The molecule has 0 aliphatic rings. The molecule has 0 saturated carbocycles. The molecule has 2 rings (SSSR count). The normalized spacial score (nSPS) is 12.2. The van der Waals surface area contributed by atoms with Gasteiger partial charge in [0.15, 0.2) is 11.5 Å². The molecular weight excluding hydrogens is 406 g/mol. The van der Waals surface area contributed by atoms with E-state index in [4.69, 9.17) is 14.2 Å². The van der Waals surface area contributed by atoms with E-state index in [0.717, 1.165) is 5.56 Å². The second-order valence-electron chi connectivity index (χ2n) is 7.05. The monoisotopic (exact) mass is 435 g/mol. The standard InChI is InChI=1S/C22H29NO6S/c1-15-18(13-19(27-2)21(29-4)20(15)28-3)22(24)23-14-17(11-12-30(5,25)26)16-9-7-6-8-10-16/h6-10,13,17H,11-12,14H2,1-5H3,(H,23,24).